The number of halogens is 4. The molecule has 0 unspecified atom stereocenters. The monoisotopic (exact) mass is 330 g/mol. The van der Waals surface area contributed by atoms with Gasteiger partial charge in [0.2, 0.25) is 5.88 Å². The Morgan fingerprint density at radius 1 is 1.22 bits per heavy atom. The number of aromatic nitrogens is 2. The lowest BCUT2D eigenvalue weighted by Gasteiger charge is -2.12. The quantitative estimate of drug-likeness (QED) is 0.739. The molecule has 0 saturated carbocycles. The van der Waals surface area contributed by atoms with Gasteiger partial charge in [-0.05, 0) is 43.0 Å². The van der Waals surface area contributed by atoms with Crippen molar-refractivity contribution in [2.45, 2.75) is 33.4 Å². The van der Waals surface area contributed by atoms with Gasteiger partial charge in [-0.15, -0.1) is 0 Å². The SMILES string of the molecule is Cc1cc(F)ccc1-n1nc(C(F)(F)F)cc1OCCC(C)C. The second-order valence-electron chi connectivity index (χ2n) is 5.74. The lowest BCUT2D eigenvalue weighted by atomic mass is 10.1. The number of alkyl halides is 3. The number of nitrogens with zero attached hydrogens (tertiary/aromatic N) is 2. The molecule has 23 heavy (non-hydrogen) atoms. The van der Waals surface area contributed by atoms with Crippen molar-refractivity contribution in [2.75, 3.05) is 6.61 Å². The van der Waals surface area contributed by atoms with Crippen LogP contribution < -0.4 is 4.74 Å². The van der Waals surface area contributed by atoms with Crippen molar-refractivity contribution in [1.82, 2.24) is 9.78 Å². The smallest absolute Gasteiger partial charge is 0.435 e. The normalized spacial score (nSPS) is 12.0. The minimum atomic E-state index is -4.57. The molecular formula is C16H18F4N2O. The summed E-state index contributed by atoms with van der Waals surface area (Å²) in [6.07, 6.45) is -3.87. The predicted molar refractivity (Wildman–Crippen MR) is 78.2 cm³/mol. The third-order valence-corrected chi connectivity index (χ3v) is 3.30. The summed E-state index contributed by atoms with van der Waals surface area (Å²) in [6, 6.07) is 4.66. The summed E-state index contributed by atoms with van der Waals surface area (Å²) >= 11 is 0. The maximum atomic E-state index is 13.2. The molecule has 0 aliphatic heterocycles. The van der Waals surface area contributed by atoms with Gasteiger partial charge in [0.25, 0.3) is 0 Å². The lowest BCUT2D eigenvalue weighted by molar-refractivity contribution is -0.141. The number of hydrogen-bond donors (Lipinski definition) is 0. The second-order valence-corrected chi connectivity index (χ2v) is 5.74. The van der Waals surface area contributed by atoms with Gasteiger partial charge in [-0.1, -0.05) is 13.8 Å². The van der Waals surface area contributed by atoms with E-state index in [0.717, 1.165) is 10.7 Å². The van der Waals surface area contributed by atoms with Crippen molar-refractivity contribution in [3.8, 4) is 11.6 Å². The van der Waals surface area contributed by atoms with Gasteiger partial charge in [0.05, 0.1) is 12.3 Å². The van der Waals surface area contributed by atoms with Crippen LogP contribution in [0.15, 0.2) is 24.3 Å². The van der Waals surface area contributed by atoms with Gasteiger partial charge >= 0.3 is 6.18 Å². The van der Waals surface area contributed by atoms with Gasteiger partial charge in [-0.25, -0.2) is 9.07 Å². The lowest BCUT2D eigenvalue weighted by Crippen LogP contribution is -2.09. The molecule has 0 radical (unpaired) electrons. The van der Waals surface area contributed by atoms with E-state index < -0.39 is 17.7 Å². The molecule has 7 heteroatoms. The van der Waals surface area contributed by atoms with Gasteiger partial charge in [0.15, 0.2) is 5.69 Å². The molecule has 1 heterocycles. The zero-order valence-electron chi connectivity index (χ0n) is 13.1. The Morgan fingerprint density at radius 2 is 1.91 bits per heavy atom. The summed E-state index contributed by atoms with van der Waals surface area (Å²) in [5.74, 6) is -0.106. The van der Waals surface area contributed by atoms with Crippen LogP contribution in [-0.4, -0.2) is 16.4 Å². The highest BCUT2D eigenvalue weighted by Crippen LogP contribution is 2.33. The minimum absolute atomic E-state index is 0.00677. The van der Waals surface area contributed by atoms with Crippen molar-refractivity contribution < 1.29 is 22.3 Å². The molecule has 0 spiro atoms. The van der Waals surface area contributed by atoms with Gasteiger partial charge in [0, 0.05) is 6.07 Å². The van der Waals surface area contributed by atoms with E-state index >= 15 is 0 Å². The maximum absolute atomic E-state index is 13.2. The highest BCUT2D eigenvalue weighted by molar-refractivity contribution is 5.43. The molecule has 0 amide bonds. The summed E-state index contributed by atoms with van der Waals surface area (Å²) in [6.45, 7) is 5.87. The van der Waals surface area contributed by atoms with E-state index in [2.05, 4.69) is 5.10 Å². The third kappa shape index (κ3) is 4.24. The zero-order chi connectivity index (χ0) is 17.2. The molecule has 126 valence electrons. The first-order valence-electron chi connectivity index (χ1n) is 7.25. The summed E-state index contributed by atoms with van der Waals surface area (Å²) in [4.78, 5) is 0. The Bertz CT molecular complexity index is 677. The van der Waals surface area contributed by atoms with E-state index in [1.807, 2.05) is 13.8 Å². The van der Waals surface area contributed by atoms with E-state index in [9.17, 15) is 17.6 Å². The molecule has 2 rings (SSSR count). The highest BCUT2D eigenvalue weighted by atomic mass is 19.4. The molecule has 0 N–H and O–H groups in total. The van der Waals surface area contributed by atoms with Gasteiger partial charge < -0.3 is 4.74 Å². The van der Waals surface area contributed by atoms with Crippen molar-refractivity contribution in [1.29, 1.82) is 0 Å². The first-order valence-corrected chi connectivity index (χ1v) is 7.25. The van der Waals surface area contributed by atoms with Crippen LogP contribution in [0, 0.1) is 18.7 Å². The van der Waals surface area contributed by atoms with E-state index in [1.165, 1.54) is 18.2 Å². The molecule has 0 aliphatic carbocycles. The van der Waals surface area contributed by atoms with Crippen LogP contribution >= 0.6 is 0 Å². The molecule has 3 nitrogen and oxygen atoms in total. The standard InChI is InChI=1S/C16H18F4N2O/c1-10(2)6-7-23-15-9-14(16(18,19)20)21-22(15)13-5-4-12(17)8-11(13)3/h4-5,8-10H,6-7H2,1-3H3. The minimum Gasteiger partial charge on any atom is -0.478 e. The van der Waals surface area contributed by atoms with Crippen molar-refractivity contribution in [3.63, 3.8) is 0 Å². The van der Waals surface area contributed by atoms with E-state index in [1.54, 1.807) is 6.92 Å². The average Bonchev–Trinajstić information content (AvgIpc) is 2.82. The fraction of sp³-hybridized carbons (Fsp3) is 0.438. The second kappa shape index (κ2) is 6.60. The van der Waals surface area contributed by atoms with E-state index in [-0.39, 0.29) is 12.5 Å². The topological polar surface area (TPSA) is 27.1 Å². The van der Waals surface area contributed by atoms with Gasteiger partial charge in [-0.3, -0.25) is 0 Å². The summed E-state index contributed by atoms with van der Waals surface area (Å²) < 4.78 is 58.5. The number of aryl methyl sites for hydroxylation is 1. The third-order valence-electron chi connectivity index (χ3n) is 3.30. The number of hydrogen-bond acceptors (Lipinski definition) is 2. The molecule has 1 aromatic heterocycles. The number of benzene rings is 1. The summed E-state index contributed by atoms with van der Waals surface area (Å²) in [5.41, 5.74) is -0.224. The van der Waals surface area contributed by atoms with Crippen LogP contribution in [0.25, 0.3) is 5.69 Å². The molecule has 0 atom stereocenters. The van der Waals surface area contributed by atoms with Crippen LogP contribution in [0.4, 0.5) is 17.6 Å². The Hall–Kier alpha value is -2.05. The van der Waals surface area contributed by atoms with Crippen LogP contribution in [0.1, 0.15) is 31.5 Å². The summed E-state index contributed by atoms with van der Waals surface area (Å²) in [7, 11) is 0. The molecule has 2 aromatic rings. The molecule has 0 aliphatic rings. The molecule has 1 aromatic carbocycles. The van der Waals surface area contributed by atoms with Crippen LogP contribution in [0.2, 0.25) is 0 Å². The van der Waals surface area contributed by atoms with E-state index in [4.69, 9.17) is 4.74 Å². The Morgan fingerprint density at radius 3 is 2.48 bits per heavy atom. The van der Waals surface area contributed by atoms with E-state index in [0.29, 0.717) is 23.6 Å². The van der Waals surface area contributed by atoms with Crippen molar-refractivity contribution >= 4 is 0 Å². The maximum Gasteiger partial charge on any atom is 0.435 e. The Kier molecular flexibility index (Phi) is 4.97. The van der Waals surface area contributed by atoms with Crippen LogP contribution in [0.3, 0.4) is 0 Å². The predicted octanol–water partition coefficient (Wildman–Crippen LogP) is 4.76. The highest BCUT2D eigenvalue weighted by Gasteiger charge is 2.35. The molecule has 0 bridgehead atoms. The Balaban J connectivity index is 2.41. The van der Waals surface area contributed by atoms with Gasteiger partial charge in [0.1, 0.15) is 5.82 Å². The number of ether oxygens (including phenoxy) is 1. The van der Waals surface area contributed by atoms with Crippen LogP contribution in [-0.2, 0) is 6.18 Å². The van der Waals surface area contributed by atoms with Crippen molar-refractivity contribution in [3.05, 3.63) is 41.3 Å². The molecule has 0 fully saturated rings. The van der Waals surface area contributed by atoms with Gasteiger partial charge in [-0.2, -0.15) is 18.3 Å². The summed E-state index contributed by atoms with van der Waals surface area (Å²) in [5, 5.41) is 3.58. The first kappa shape index (κ1) is 17.3. The Labute approximate surface area is 131 Å². The van der Waals surface area contributed by atoms with Crippen molar-refractivity contribution in [2.24, 2.45) is 5.92 Å². The molecular weight excluding hydrogens is 312 g/mol. The first-order chi connectivity index (χ1) is 10.7. The van der Waals surface area contributed by atoms with Crippen LogP contribution in [0.5, 0.6) is 5.88 Å². The number of rotatable bonds is 5. The average molecular weight is 330 g/mol. The molecule has 0 saturated heterocycles. The fourth-order valence-corrected chi connectivity index (χ4v) is 2.03. The fourth-order valence-electron chi connectivity index (χ4n) is 2.03. The largest absolute Gasteiger partial charge is 0.478 e. The zero-order valence-corrected chi connectivity index (χ0v) is 13.1.